The monoisotopic (exact) mass is 447 g/mol. The molecule has 1 radical (unpaired) electrons. The van der Waals surface area contributed by atoms with Crippen molar-refractivity contribution in [2.24, 2.45) is 0 Å². The highest BCUT2D eigenvalue weighted by molar-refractivity contribution is 6.04. The summed E-state index contributed by atoms with van der Waals surface area (Å²) in [6.45, 7) is 11.8. The molecular weight excluding hydrogens is 424 g/mol. The summed E-state index contributed by atoms with van der Waals surface area (Å²) in [6.07, 6.45) is -1.54. The minimum Gasteiger partial charge on any atom is -0.478 e. The van der Waals surface area contributed by atoms with Crippen LogP contribution in [0.2, 0.25) is 0 Å². The fourth-order valence-corrected chi connectivity index (χ4v) is 2.13. The minimum absolute atomic E-state index is 0.0137. The van der Waals surface area contributed by atoms with Crippen molar-refractivity contribution < 1.29 is 48.4 Å². The van der Waals surface area contributed by atoms with E-state index in [2.05, 4.69) is 13.5 Å². The van der Waals surface area contributed by atoms with E-state index >= 15 is 0 Å². The van der Waals surface area contributed by atoms with Crippen LogP contribution in [0.3, 0.4) is 0 Å². The van der Waals surface area contributed by atoms with Crippen molar-refractivity contribution in [2.75, 3.05) is 0 Å². The van der Waals surface area contributed by atoms with Crippen LogP contribution in [0.1, 0.15) is 58.3 Å². The van der Waals surface area contributed by atoms with Gasteiger partial charge in [0.2, 0.25) is 0 Å². The van der Waals surface area contributed by atoms with E-state index < -0.39 is 53.4 Å². The zero-order chi connectivity index (χ0) is 24.6. The van der Waals surface area contributed by atoms with E-state index in [1.165, 1.54) is 13.0 Å². The number of aromatic carboxylic acids is 2. The molecule has 2 N–H and O–H groups in total. The van der Waals surface area contributed by atoms with Gasteiger partial charge in [-0.1, -0.05) is 19.1 Å². The van der Waals surface area contributed by atoms with E-state index in [-0.39, 0.29) is 11.1 Å². The number of hydrogen-bond donors (Lipinski definition) is 2. The van der Waals surface area contributed by atoms with Gasteiger partial charge in [0.25, 0.3) is 6.29 Å². The number of carbonyl (C=O) groups excluding carboxylic acids is 3. The Morgan fingerprint density at radius 3 is 2.09 bits per heavy atom. The van der Waals surface area contributed by atoms with Crippen LogP contribution in [-0.4, -0.2) is 52.5 Å². The summed E-state index contributed by atoms with van der Waals surface area (Å²) in [6, 6.07) is 2.78. The molecule has 10 nitrogen and oxygen atoms in total. The average Bonchev–Trinajstić information content (AvgIpc) is 2.71. The predicted molar refractivity (Wildman–Crippen MR) is 110 cm³/mol. The van der Waals surface area contributed by atoms with Crippen molar-refractivity contribution in [3.05, 3.63) is 65.6 Å². The summed E-state index contributed by atoms with van der Waals surface area (Å²) in [7, 11) is 0. The van der Waals surface area contributed by atoms with Crippen LogP contribution < -0.4 is 0 Å². The van der Waals surface area contributed by atoms with Gasteiger partial charge in [0, 0.05) is 11.6 Å². The number of allylic oxidation sites excluding steroid dienone is 1. The molecule has 32 heavy (non-hydrogen) atoms. The van der Waals surface area contributed by atoms with Crippen molar-refractivity contribution >= 4 is 29.8 Å². The largest absolute Gasteiger partial charge is 0.478 e. The lowest BCUT2D eigenvalue weighted by atomic mass is 10.0. The van der Waals surface area contributed by atoms with Crippen molar-refractivity contribution in [1.29, 1.82) is 0 Å². The highest BCUT2D eigenvalue weighted by Gasteiger charge is 2.30. The van der Waals surface area contributed by atoms with Crippen LogP contribution in [-0.2, 0) is 23.8 Å². The lowest BCUT2D eigenvalue weighted by molar-refractivity contribution is -0.196. The van der Waals surface area contributed by atoms with Crippen molar-refractivity contribution in [3.8, 4) is 0 Å². The molecule has 0 aliphatic heterocycles. The van der Waals surface area contributed by atoms with Gasteiger partial charge in [-0.15, -0.1) is 0 Å². The SMILES string of the molecule is [CH2]C(OC(=O)c1ccc(C(=O)O)c(C(=O)O)c1)C(OC(=O)C=C(C)CC)OC(=O)C(=C)C. The number of ether oxygens (including phenoxy) is 3. The van der Waals surface area contributed by atoms with Gasteiger partial charge < -0.3 is 24.4 Å². The molecule has 0 fully saturated rings. The molecule has 1 aromatic rings. The third-order valence-electron chi connectivity index (χ3n) is 4.00. The summed E-state index contributed by atoms with van der Waals surface area (Å²) < 4.78 is 15.1. The Morgan fingerprint density at radius 2 is 1.59 bits per heavy atom. The number of rotatable bonds is 10. The average molecular weight is 447 g/mol. The molecule has 0 spiro atoms. The standard InChI is InChI=1S/C22H23O10/c1-6-12(4)9-17(23)31-22(32-20(28)11(2)3)13(5)30-21(29)14-7-8-15(18(24)25)16(10-14)19(26)27/h7-10,13,22H,2,5-6H2,1,3-4H3,(H,24,25)(H,26,27). The van der Waals surface area contributed by atoms with E-state index in [1.807, 2.05) is 6.92 Å². The van der Waals surface area contributed by atoms with E-state index in [1.54, 1.807) is 6.92 Å². The van der Waals surface area contributed by atoms with Crippen LogP contribution in [0.25, 0.3) is 0 Å². The third-order valence-corrected chi connectivity index (χ3v) is 4.00. The summed E-state index contributed by atoms with van der Waals surface area (Å²) in [5.41, 5.74) is -0.804. The van der Waals surface area contributed by atoms with Crippen LogP contribution in [0.15, 0.2) is 42.0 Å². The maximum absolute atomic E-state index is 12.4. The zero-order valence-corrected chi connectivity index (χ0v) is 17.7. The zero-order valence-electron chi connectivity index (χ0n) is 17.7. The van der Waals surface area contributed by atoms with Gasteiger partial charge in [0.05, 0.1) is 16.7 Å². The predicted octanol–water partition coefficient (Wildman–Crippen LogP) is 2.79. The number of esters is 3. The molecule has 1 aromatic carbocycles. The summed E-state index contributed by atoms with van der Waals surface area (Å²) in [5, 5.41) is 18.2. The van der Waals surface area contributed by atoms with Gasteiger partial charge in [0.1, 0.15) is 0 Å². The smallest absolute Gasteiger partial charge is 0.338 e. The van der Waals surface area contributed by atoms with Crippen molar-refractivity contribution in [2.45, 2.75) is 39.6 Å². The molecule has 0 bridgehead atoms. The quantitative estimate of drug-likeness (QED) is 0.311. The molecule has 0 amide bonds. The first-order valence-corrected chi connectivity index (χ1v) is 9.26. The summed E-state index contributed by atoms with van der Waals surface area (Å²) >= 11 is 0. The number of hydrogen-bond acceptors (Lipinski definition) is 8. The van der Waals surface area contributed by atoms with Crippen LogP contribution in [0.5, 0.6) is 0 Å². The number of carboxylic acid groups (broad SMARTS) is 2. The minimum atomic E-state index is -1.73. The number of carboxylic acids is 2. The molecular formula is C22H23O10. The Bertz CT molecular complexity index is 973. The summed E-state index contributed by atoms with van der Waals surface area (Å²) in [4.78, 5) is 58.8. The maximum Gasteiger partial charge on any atom is 0.338 e. The highest BCUT2D eigenvalue weighted by atomic mass is 16.7. The second kappa shape index (κ2) is 11.4. The Balaban J connectivity index is 3.12. The van der Waals surface area contributed by atoms with E-state index in [0.29, 0.717) is 12.0 Å². The Morgan fingerprint density at radius 1 is 1.00 bits per heavy atom. The van der Waals surface area contributed by atoms with Crippen molar-refractivity contribution in [3.63, 3.8) is 0 Å². The van der Waals surface area contributed by atoms with Crippen LogP contribution in [0.4, 0.5) is 0 Å². The lowest BCUT2D eigenvalue weighted by Crippen LogP contribution is -2.37. The molecule has 171 valence electrons. The molecule has 2 atom stereocenters. The molecule has 1 rings (SSSR count). The Hall–Kier alpha value is -3.95. The molecule has 0 aromatic heterocycles. The fourth-order valence-electron chi connectivity index (χ4n) is 2.13. The lowest BCUT2D eigenvalue weighted by Gasteiger charge is -2.23. The summed E-state index contributed by atoms with van der Waals surface area (Å²) in [5.74, 6) is -5.97. The van der Waals surface area contributed by atoms with Crippen molar-refractivity contribution in [1.82, 2.24) is 0 Å². The first kappa shape index (κ1) is 26.1. The van der Waals surface area contributed by atoms with Gasteiger partial charge in [-0.25, -0.2) is 24.0 Å². The van der Waals surface area contributed by atoms with Gasteiger partial charge >= 0.3 is 29.8 Å². The van der Waals surface area contributed by atoms with E-state index in [9.17, 15) is 29.1 Å². The molecule has 10 heteroatoms. The van der Waals surface area contributed by atoms with E-state index in [4.69, 9.17) is 19.3 Å². The number of benzene rings is 1. The second-order valence-electron chi connectivity index (χ2n) is 6.65. The van der Waals surface area contributed by atoms with E-state index in [0.717, 1.165) is 18.2 Å². The first-order valence-electron chi connectivity index (χ1n) is 9.26. The second-order valence-corrected chi connectivity index (χ2v) is 6.65. The Labute approximate surface area is 184 Å². The first-order chi connectivity index (χ1) is 14.9. The van der Waals surface area contributed by atoms with Crippen LogP contribution >= 0.6 is 0 Å². The molecule has 0 saturated carbocycles. The van der Waals surface area contributed by atoms with Crippen LogP contribution in [0, 0.1) is 6.92 Å². The molecule has 0 aliphatic carbocycles. The topological polar surface area (TPSA) is 154 Å². The van der Waals surface area contributed by atoms with Gasteiger partial charge in [0.15, 0.2) is 6.10 Å². The number of carbonyl (C=O) groups is 5. The molecule has 0 saturated heterocycles. The maximum atomic E-state index is 12.4. The Kier molecular flexibility index (Phi) is 9.33. The van der Waals surface area contributed by atoms with Gasteiger partial charge in [-0.2, -0.15) is 0 Å². The molecule has 0 heterocycles. The van der Waals surface area contributed by atoms with Gasteiger partial charge in [-0.05, 0) is 45.4 Å². The third kappa shape index (κ3) is 7.38. The molecule has 0 aliphatic rings. The fraction of sp³-hybridized carbons (Fsp3) is 0.273. The van der Waals surface area contributed by atoms with Gasteiger partial charge in [-0.3, -0.25) is 0 Å². The highest BCUT2D eigenvalue weighted by Crippen LogP contribution is 2.17. The normalized spacial score (nSPS) is 12.8. The molecule has 2 unspecified atom stereocenters.